The fraction of sp³-hybridized carbons (Fsp3) is 0.211. The normalized spacial score (nSPS) is 11.8. The molecule has 0 unspecified atom stereocenters. The van der Waals surface area contributed by atoms with E-state index in [2.05, 4.69) is 4.57 Å². The summed E-state index contributed by atoms with van der Waals surface area (Å²) in [7, 11) is 3.33. The van der Waals surface area contributed by atoms with Crippen molar-refractivity contribution < 1.29 is 9.47 Å². The third kappa shape index (κ3) is 4.30. The number of benzene rings is 2. The minimum Gasteiger partial charge on any atom is -0.497 e. The van der Waals surface area contributed by atoms with Gasteiger partial charge in [-0.05, 0) is 42.5 Å². The van der Waals surface area contributed by atoms with Crippen LogP contribution in [0.15, 0.2) is 52.8 Å². The highest BCUT2D eigenvalue weighted by Gasteiger charge is 2.12. The summed E-state index contributed by atoms with van der Waals surface area (Å²) in [5, 5.41) is 3.27. The zero-order valence-corrected chi connectivity index (χ0v) is 16.7. The van der Waals surface area contributed by atoms with Gasteiger partial charge in [0.05, 0.1) is 30.1 Å². The number of rotatable bonds is 6. The van der Waals surface area contributed by atoms with E-state index in [1.165, 1.54) is 0 Å². The summed E-state index contributed by atoms with van der Waals surface area (Å²) in [6.07, 6.45) is 0. The van der Waals surface area contributed by atoms with Gasteiger partial charge in [0.15, 0.2) is 4.80 Å². The Bertz CT molecular complexity index is 949. The number of hydrogen-bond acceptors (Lipinski definition) is 4. The molecule has 0 radical (unpaired) electrons. The van der Waals surface area contributed by atoms with Gasteiger partial charge in [-0.25, -0.2) is 4.99 Å². The highest BCUT2D eigenvalue weighted by molar-refractivity contribution is 7.07. The van der Waals surface area contributed by atoms with E-state index >= 15 is 0 Å². The molecule has 2 aromatic carbocycles. The zero-order chi connectivity index (χ0) is 18.5. The summed E-state index contributed by atoms with van der Waals surface area (Å²) in [5.74, 6) is 0.802. The van der Waals surface area contributed by atoms with E-state index < -0.39 is 0 Å². The van der Waals surface area contributed by atoms with Crippen molar-refractivity contribution in [2.45, 2.75) is 6.54 Å². The summed E-state index contributed by atoms with van der Waals surface area (Å²) < 4.78 is 12.6. The van der Waals surface area contributed by atoms with E-state index in [9.17, 15) is 0 Å². The Morgan fingerprint density at radius 2 is 1.85 bits per heavy atom. The number of hydrogen-bond donors (Lipinski definition) is 0. The Hall–Kier alpha value is -1.79. The Kier molecular flexibility index (Phi) is 6.38. The van der Waals surface area contributed by atoms with E-state index in [1.54, 1.807) is 31.6 Å². The number of nitrogens with zero attached hydrogens (tertiary/aromatic N) is 2. The number of halogens is 2. The molecular formula is C19H18Cl2N2O2S. The van der Waals surface area contributed by atoms with Crippen LogP contribution < -0.4 is 9.54 Å². The molecule has 136 valence electrons. The Morgan fingerprint density at radius 3 is 2.50 bits per heavy atom. The molecule has 0 aliphatic heterocycles. The first-order chi connectivity index (χ1) is 12.6. The van der Waals surface area contributed by atoms with Gasteiger partial charge in [-0.1, -0.05) is 23.2 Å². The van der Waals surface area contributed by atoms with Gasteiger partial charge in [0.1, 0.15) is 5.75 Å². The van der Waals surface area contributed by atoms with Crippen molar-refractivity contribution in [1.82, 2.24) is 4.57 Å². The fourth-order valence-electron chi connectivity index (χ4n) is 2.50. The van der Waals surface area contributed by atoms with Crippen LogP contribution in [-0.4, -0.2) is 25.4 Å². The first kappa shape index (κ1) is 19.0. The Balaban J connectivity index is 2.08. The van der Waals surface area contributed by atoms with E-state index in [0.29, 0.717) is 23.2 Å². The number of ether oxygens (including phenoxy) is 2. The average Bonchev–Trinajstić information content (AvgIpc) is 3.03. The lowest BCUT2D eigenvalue weighted by atomic mass is 10.1. The zero-order valence-electron chi connectivity index (χ0n) is 14.4. The molecule has 3 rings (SSSR count). The number of aromatic nitrogens is 1. The summed E-state index contributed by atoms with van der Waals surface area (Å²) in [4.78, 5) is 5.63. The minimum absolute atomic E-state index is 0.574. The highest BCUT2D eigenvalue weighted by Crippen LogP contribution is 2.31. The molecule has 4 nitrogen and oxygen atoms in total. The van der Waals surface area contributed by atoms with Crippen LogP contribution in [0.4, 0.5) is 5.69 Å². The van der Waals surface area contributed by atoms with Crippen LogP contribution in [0.5, 0.6) is 5.75 Å². The second kappa shape index (κ2) is 8.73. The van der Waals surface area contributed by atoms with Gasteiger partial charge in [-0.15, -0.1) is 11.3 Å². The second-order valence-electron chi connectivity index (χ2n) is 5.48. The quantitative estimate of drug-likeness (QED) is 0.546. The molecule has 3 aromatic rings. The van der Waals surface area contributed by atoms with E-state index in [1.807, 2.05) is 41.8 Å². The molecule has 0 spiro atoms. The van der Waals surface area contributed by atoms with Crippen LogP contribution >= 0.6 is 34.5 Å². The van der Waals surface area contributed by atoms with Gasteiger partial charge < -0.3 is 14.0 Å². The summed E-state index contributed by atoms with van der Waals surface area (Å²) in [6, 6.07) is 13.1. The van der Waals surface area contributed by atoms with Crippen LogP contribution in [0.3, 0.4) is 0 Å². The summed E-state index contributed by atoms with van der Waals surface area (Å²) in [6.45, 7) is 1.24. The SMILES string of the molecule is COCCn1c(-c2ccc(Cl)cc2Cl)csc1=Nc1ccc(OC)cc1. The van der Waals surface area contributed by atoms with Crippen molar-refractivity contribution in [3.63, 3.8) is 0 Å². The molecule has 0 aliphatic carbocycles. The van der Waals surface area contributed by atoms with Crippen LogP contribution in [0.25, 0.3) is 11.3 Å². The summed E-state index contributed by atoms with van der Waals surface area (Å²) >= 11 is 14.0. The Morgan fingerprint density at radius 1 is 1.08 bits per heavy atom. The van der Waals surface area contributed by atoms with Gasteiger partial charge in [-0.3, -0.25) is 0 Å². The molecule has 1 aromatic heterocycles. The van der Waals surface area contributed by atoms with Gasteiger partial charge in [-0.2, -0.15) is 0 Å². The molecule has 0 N–H and O–H groups in total. The lowest BCUT2D eigenvalue weighted by Gasteiger charge is -2.10. The number of methoxy groups -OCH3 is 2. The Labute approximate surface area is 166 Å². The smallest absolute Gasteiger partial charge is 0.190 e. The van der Waals surface area contributed by atoms with E-state index in [0.717, 1.165) is 27.5 Å². The lowest BCUT2D eigenvalue weighted by Crippen LogP contribution is -2.18. The third-order valence-electron chi connectivity index (χ3n) is 3.82. The molecule has 26 heavy (non-hydrogen) atoms. The molecule has 0 amide bonds. The minimum atomic E-state index is 0.574. The van der Waals surface area contributed by atoms with Crippen LogP contribution in [0.1, 0.15) is 0 Å². The molecule has 0 saturated carbocycles. The van der Waals surface area contributed by atoms with Crippen molar-refractivity contribution >= 4 is 40.2 Å². The summed E-state index contributed by atoms with van der Waals surface area (Å²) in [5.41, 5.74) is 2.76. The van der Waals surface area contributed by atoms with Crippen LogP contribution in [0.2, 0.25) is 10.0 Å². The molecule has 0 fully saturated rings. The van der Waals surface area contributed by atoms with Crippen molar-refractivity contribution in [1.29, 1.82) is 0 Å². The predicted molar refractivity (Wildman–Crippen MR) is 108 cm³/mol. The van der Waals surface area contributed by atoms with Crippen molar-refractivity contribution in [3.05, 3.63) is 62.7 Å². The monoisotopic (exact) mass is 408 g/mol. The first-order valence-electron chi connectivity index (χ1n) is 7.94. The van der Waals surface area contributed by atoms with Crippen molar-refractivity contribution in [3.8, 4) is 17.0 Å². The molecule has 7 heteroatoms. The molecule has 0 saturated heterocycles. The van der Waals surface area contributed by atoms with Gasteiger partial charge >= 0.3 is 0 Å². The number of thiazole rings is 1. The highest BCUT2D eigenvalue weighted by atomic mass is 35.5. The van der Waals surface area contributed by atoms with E-state index in [4.69, 9.17) is 37.7 Å². The van der Waals surface area contributed by atoms with E-state index in [-0.39, 0.29) is 0 Å². The van der Waals surface area contributed by atoms with Crippen molar-refractivity contribution in [2.75, 3.05) is 20.8 Å². The van der Waals surface area contributed by atoms with Crippen molar-refractivity contribution in [2.24, 2.45) is 4.99 Å². The molecule has 0 bridgehead atoms. The molecule has 0 aliphatic rings. The van der Waals surface area contributed by atoms with Gasteiger partial charge in [0.25, 0.3) is 0 Å². The second-order valence-corrected chi connectivity index (χ2v) is 7.16. The predicted octanol–water partition coefficient (Wildman–Crippen LogP) is 5.41. The maximum absolute atomic E-state index is 6.40. The maximum atomic E-state index is 6.40. The standard InChI is InChI=1S/C19H18Cl2N2O2S/c1-24-10-9-23-18(16-8-3-13(20)11-17(16)21)12-26-19(23)22-14-4-6-15(25-2)7-5-14/h3-8,11-12H,9-10H2,1-2H3. The van der Waals surface area contributed by atoms with Crippen LogP contribution in [0, 0.1) is 0 Å². The largest absolute Gasteiger partial charge is 0.497 e. The van der Waals surface area contributed by atoms with Gasteiger partial charge in [0, 0.05) is 29.6 Å². The molecule has 1 heterocycles. The van der Waals surface area contributed by atoms with Crippen LogP contribution in [-0.2, 0) is 11.3 Å². The lowest BCUT2D eigenvalue weighted by molar-refractivity contribution is 0.187. The maximum Gasteiger partial charge on any atom is 0.190 e. The first-order valence-corrected chi connectivity index (χ1v) is 9.57. The topological polar surface area (TPSA) is 35.8 Å². The third-order valence-corrected chi connectivity index (χ3v) is 5.23. The van der Waals surface area contributed by atoms with Gasteiger partial charge in [0.2, 0.25) is 0 Å². The molecule has 0 atom stereocenters. The average molecular weight is 409 g/mol. The molecular weight excluding hydrogens is 391 g/mol. The fourth-order valence-corrected chi connectivity index (χ4v) is 3.95.